The molecule has 2 heterocycles. The second kappa shape index (κ2) is 4.75. The van der Waals surface area contributed by atoms with Crippen molar-refractivity contribution in [2.24, 2.45) is 0 Å². The highest BCUT2D eigenvalue weighted by Gasteiger charge is 2.52. The SMILES string of the molecule is CCOc1ccc2c3c1O[C@H]1C[C@@H](O)C=C[C@@]31CCNC2. The lowest BCUT2D eigenvalue weighted by molar-refractivity contribution is 0.0848. The molecule has 1 aliphatic carbocycles. The van der Waals surface area contributed by atoms with Crippen LogP contribution < -0.4 is 14.8 Å². The first-order chi connectivity index (χ1) is 10.2. The molecule has 0 aromatic heterocycles. The number of hydrogen-bond acceptors (Lipinski definition) is 4. The van der Waals surface area contributed by atoms with Crippen LogP contribution in [0, 0.1) is 0 Å². The molecule has 0 amide bonds. The maximum Gasteiger partial charge on any atom is 0.166 e. The average molecular weight is 287 g/mol. The summed E-state index contributed by atoms with van der Waals surface area (Å²) >= 11 is 0. The van der Waals surface area contributed by atoms with E-state index in [0.717, 1.165) is 31.0 Å². The number of aliphatic hydroxyl groups is 1. The summed E-state index contributed by atoms with van der Waals surface area (Å²) in [6, 6.07) is 4.16. The summed E-state index contributed by atoms with van der Waals surface area (Å²) in [6.45, 7) is 4.44. The molecule has 4 heteroatoms. The van der Waals surface area contributed by atoms with Crippen molar-refractivity contribution in [3.63, 3.8) is 0 Å². The van der Waals surface area contributed by atoms with Crippen molar-refractivity contribution < 1.29 is 14.6 Å². The molecule has 4 nitrogen and oxygen atoms in total. The summed E-state index contributed by atoms with van der Waals surface area (Å²) in [5, 5.41) is 13.5. The molecule has 2 aliphatic heterocycles. The van der Waals surface area contributed by atoms with Gasteiger partial charge in [0, 0.05) is 18.5 Å². The van der Waals surface area contributed by atoms with Gasteiger partial charge in [-0.25, -0.2) is 0 Å². The quantitative estimate of drug-likeness (QED) is 0.816. The van der Waals surface area contributed by atoms with E-state index < -0.39 is 6.10 Å². The topological polar surface area (TPSA) is 50.7 Å². The predicted molar refractivity (Wildman–Crippen MR) is 79.8 cm³/mol. The van der Waals surface area contributed by atoms with E-state index in [0.29, 0.717) is 13.0 Å². The van der Waals surface area contributed by atoms with Crippen LogP contribution >= 0.6 is 0 Å². The zero-order valence-corrected chi connectivity index (χ0v) is 12.3. The normalized spacial score (nSPS) is 32.9. The summed E-state index contributed by atoms with van der Waals surface area (Å²) in [5.41, 5.74) is 2.45. The highest BCUT2D eigenvalue weighted by atomic mass is 16.5. The standard InChI is InChI=1S/C17H21NO3/c1-2-20-13-4-3-11-10-18-8-7-17-6-5-12(19)9-14(17)21-16(13)15(11)17/h3-6,12,14,18-19H,2,7-10H2,1H3/t12-,14-,17-/m0/s1. The first-order valence-corrected chi connectivity index (χ1v) is 7.78. The molecule has 1 aromatic rings. The van der Waals surface area contributed by atoms with Crippen molar-refractivity contribution >= 4 is 0 Å². The van der Waals surface area contributed by atoms with Crippen molar-refractivity contribution in [2.45, 2.75) is 43.9 Å². The Hall–Kier alpha value is -1.52. The Morgan fingerprint density at radius 3 is 3.24 bits per heavy atom. The molecule has 0 unspecified atom stereocenters. The number of rotatable bonds is 2. The van der Waals surface area contributed by atoms with Crippen LogP contribution in [0.1, 0.15) is 30.9 Å². The lowest BCUT2D eigenvalue weighted by atomic mass is 9.69. The van der Waals surface area contributed by atoms with Gasteiger partial charge in [0.25, 0.3) is 0 Å². The number of nitrogens with one attached hydrogen (secondary N) is 1. The third-order valence-electron chi connectivity index (χ3n) is 4.91. The van der Waals surface area contributed by atoms with Gasteiger partial charge in [-0.1, -0.05) is 18.2 Å². The van der Waals surface area contributed by atoms with Gasteiger partial charge in [0.2, 0.25) is 0 Å². The fraction of sp³-hybridized carbons (Fsp3) is 0.529. The fourth-order valence-corrected chi connectivity index (χ4v) is 3.97. The fourth-order valence-electron chi connectivity index (χ4n) is 3.97. The number of aliphatic hydroxyl groups excluding tert-OH is 1. The van der Waals surface area contributed by atoms with Crippen molar-refractivity contribution in [1.82, 2.24) is 5.32 Å². The molecule has 0 fully saturated rings. The van der Waals surface area contributed by atoms with Gasteiger partial charge in [-0.3, -0.25) is 0 Å². The molecular formula is C17H21NO3. The third-order valence-corrected chi connectivity index (χ3v) is 4.91. The molecule has 112 valence electrons. The predicted octanol–water partition coefficient (Wildman–Crippen LogP) is 1.90. The minimum Gasteiger partial charge on any atom is -0.490 e. The van der Waals surface area contributed by atoms with Crippen LogP contribution in [0.5, 0.6) is 11.5 Å². The highest BCUT2D eigenvalue weighted by Crippen LogP contribution is 2.55. The zero-order valence-electron chi connectivity index (χ0n) is 12.3. The van der Waals surface area contributed by atoms with Crippen LogP contribution in [0.3, 0.4) is 0 Å². The van der Waals surface area contributed by atoms with E-state index in [-0.39, 0.29) is 11.5 Å². The molecular weight excluding hydrogens is 266 g/mol. The van der Waals surface area contributed by atoms with E-state index in [9.17, 15) is 5.11 Å². The van der Waals surface area contributed by atoms with Gasteiger partial charge in [0.15, 0.2) is 11.5 Å². The van der Waals surface area contributed by atoms with E-state index >= 15 is 0 Å². The van der Waals surface area contributed by atoms with E-state index in [1.807, 2.05) is 19.1 Å². The van der Waals surface area contributed by atoms with Gasteiger partial charge in [0.1, 0.15) is 6.10 Å². The Morgan fingerprint density at radius 2 is 2.38 bits per heavy atom. The lowest BCUT2D eigenvalue weighted by Crippen LogP contribution is -2.42. The Morgan fingerprint density at radius 1 is 1.48 bits per heavy atom. The van der Waals surface area contributed by atoms with Crippen LogP contribution in [0.25, 0.3) is 0 Å². The maximum atomic E-state index is 9.96. The minimum atomic E-state index is -0.412. The van der Waals surface area contributed by atoms with Crippen LogP contribution in [0.2, 0.25) is 0 Å². The Labute approximate surface area is 124 Å². The Balaban J connectivity index is 1.92. The smallest absolute Gasteiger partial charge is 0.166 e. The van der Waals surface area contributed by atoms with Gasteiger partial charge < -0.3 is 19.9 Å². The monoisotopic (exact) mass is 287 g/mol. The van der Waals surface area contributed by atoms with Gasteiger partial charge in [0.05, 0.1) is 18.1 Å². The molecule has 2 N–H and O–H groups in total. The molecule has 0 radical (unpaired) electrons. The molecule has 3 aliphatic rings. The second-order valence-electron chi connectivity index (χ2n) is 6.10. The first-order valence-electron chi connectivity index (χ1n) is 7.78. The third kappa shape index (κ3) is 1.82. The van der Waals surface area contributed by atoms with E-state index in [1.165, 1.54) is 11.1 Å². The number of benzene rings is 1. The molecule has 1 spiro atoms. The van der Waals surface area contributed by atoms with Gasteiger partial charge >= 0.3 is 0 Å². The molecule has 21 heavy (non-hydrogen) atoms. The van der Waals surface area contributed by atoms with E-state index in [1.54, 1.807) is 0 Å². The van der Waals surface area contributed by atoms with E-state index in [4.69, 9.17) is 9.47 Å². The highest BCUT2D eigenvalue weighted by molar-refractivity contribution is 5.60. The van der Waals surface area contributed by atoms with Crippen molar-refractivity contribution in [1.29, 1.82) is 0 Å². The molecule has 1 aromatic carbocycles. The average Bonchev–Trinajstić information content (AvgIpc) is 2.69. The first kappa shape index (κ1) is 13.2. The Kier molecular flexibility index (Phi) is 2.98. The molecule has 3 atom stereocenters. The summed E-state index contributed by atoms with van der Waals surface area (Å²) in [5.74, 6) is 1.72. The van der Waals surface area contributed by atoms with Gasteiger partial charge in [-0.2, -0.15) is 0 Å². The number of ether oxygens (including phenoxy) is 2. The van der Waals surface area contributed by atoms with E-state index in [2.05, 4.69) is 17.5 Å². The molecule has 0 saturated carbocycles. The summed E-state index contributed by atoms with van der Waals surface area (Å²) < 4.78 is 12.0. The van der Waals surface area contributed by atoms with Crippen molar-refractivity contribution in [3.8, 4) is 11.5 Å². The van der Waals surface area contributed by atoms with Crippen molar-refractivity contribution in [2.75, 3.05) is 13.2 Å². The maximum absolute atomic E-state index is 9.96. The van der Waals surface area contributed by atoms with Crippen LogP contribution in [0.4, 0.5) is 0 Å². The summed E-state index contributed by atoms with van der Waals surface area (Å²) in [7, 11) is 0. The number of hydrogen-bond donors (Lipinski definition) is 2. The lowest BCUT2D eigenvalue weighted by Gasteiger charge is -2.35. The minimum absolute atomic E-state index is 0.00718. The summed E-state index contributed by atoms with van der Waals surface area (Å²) in [4.78, 5) is 0. The Bertz CT molecular complexity index is 598. The molecule has 0 saturated heterocycles. The van der Waals surface area contributed by atoms with Crippen LogP contribution in [-0.4, -0.2) is 30.5 Å². The van der Waals surface area contributed by atoms with Crippen LogP contribution in [-0.2, 0) is 12.0 Å². The molecule has 0 bridgehead atoms. The molecule has 4 rings (SSSR count). The summed E-state index contributed by atoms with van der Waals surface area (Å²) in [6.07, 6.45) is 5.34. The second-order valence-corrected chi connectivity index (χ2v) is 6.10. The van der Waals surface area contributed by atoms with Gasteiger partial charge in [-0.15, -0.1) is 0 Å². The van der Waals surface area contributed by atoms with Gasteiger partial charge in [-0.05, 0) is 31.5 Å². The zero-order chi connectivity index (χ0) is 14.4. The van der Waals surface area contributed by atoms with Crippen LogP contribution in [0.15, 0.2) is 24.3 Å². The largest absolute Gasteiger partial charge is 0.490 e. The van der Waals surface area contributed by atoms with Crippen molar-refractivity contribution in [3.05, 3.63) is 35.4 Å².